The van der Waals surface area contributed by atoms with Crippen LogP contribution in [0, 0.1) is 6.92 Å². The number of sulfone groups is 1. The third-order valence-corrected chi connectivity index (χ3v) is 6.64. The summed E-state index contributed by atoms with van der Waals surface area (Å²) in [5.74, 6) is 0.626. The van der Waals surface area contributed by atoms with E-state index in [2.05, 4.69) is 29.2 Å². The summed E-state index contributed by atoms with van der Waals surface area (Å²) in [6.45, 7) is 2.54. The summed E-state index contributed by atoms with van der Waals surface area (Å²) in [6.07, 6.45) is 6.78. The van der Waals surface area contributed by atoms with Crippen LogP contribution in [0.3, 0.4) is 0 Å². The minimum atomic E-state index is -3.25. The van der Waals surface area contributed by atoms with Gasteiger partial charge in [-0.2, -0.15) is 4.98 Å². The number of ether oxygens (including phenoxy) is 1. The number of aromatic nitrogens is 2. The quantitative estimate of drug-likeness (QED) is 0.550. The topological polar surface area (TPSA) is 82.3 Å². The van der Waals surface area contributed by atoms with Gasteiger partial charge in [0, 0.05) is 29.8 Å². The highest BCUT2D eigenvalue weighted by Crippen LogP contribution is 2.33. The molecule has 0 N–H and O–H groups in total. The Hall–Kier alpha value is -3.03. The van der Waals surface area contributed by atoms with E-state index >= 15 is 0 Å². The van der Waals surface area contributed by atoms with E-state index in [0.29, 0.717) is 29.6 Å². The standard InChI is InChI=1S/C24H24N2O4S/c1-16-7-4-5-10-21(16)22-12-11-18(13-19(22)15-29-2)24-25-23(26-30-24)17-8-6-9-20(14-17)31(3,27)28/h4-13,17H,14-15H2,1-3H3. The van der Waals surface area contributed by atoms with Gasteiger partial charge in [0.25, 0.3) is 5.89 Å². The summed E-state index contributed by atoms with van der Waals surface area (Å²) in [4.78, 5) is 4.92. The highest BCUT2D eigenvalue weighted by Gasteiger charge is 2.24. The van der Waals surface area contributed by atoms with E-state index in [9.17, 15) is 8.42 Å². The molecule has 4 rings (SSSR count). The lowest BCUT2D eigenvalue weighted by Gasteiger charge is -2.14. The van der Waals surface area contributed by atoms with Gasteiger partial charge in [0.15, 0.2) is 15.7 Å². The maximum atomic E-state index is 11.9. The van der Waals surface area contributed by atoms with Crippen LogP contribution < -0.4 is 0 Å². The zero-order valence-electron chi connectivity index (χ0n) is 17.7. The van der Waals surface area contributed by atoms with Crippen LogP contribution in [-0.2, 0) is 21.2 Å². The molecule has 1 atom stereocenters. The maximum Gasteiger partial charge on any atom is 0.257 e. The average molecular weight is 437 g/mol. The first-order valence-corrected chi connectivity index (χ1v) is 11.8. The second-order valence-corrected chi connectivity index (χ2v) is 9.75. The second kappa shape index (κ2) is 8.61. The van der Waals surface area contributed by atoms with Crippen LogP contribution in [-0.4, -0.2) is 31.9 Å². The Bertz CT molecular complexity index is 1270. The largest absolute Gasteiger partial charge is 0.380 e. The van der Waals surface area contributed by atoms with Crippen molar-refractivity contribution in [2.75, 3.05) is 13.4 Å². The lowest BCUT2D eigenvalue weighted by atomic mass is 9.94. The molecule has 1 aliphatic carbocycles. The summed E-state index contributed by atoms with van der Waals surface area (Å²) in [6, 6.07) is 14.2. The predicted octanol–water partition coefficient (Wildman–Crippen LogP) is 4.83. The number of aryl methyl sites for hydroxylation is 1. The van der Waals surface area contributed by atoms with Gasteiger partial charge in [-0.3, -0.25) is 0 Å². The van der Waals surface area contributed by atoms with Crippen molar-refractivity contribution in [1.82, 2.24) is 10.1 Å². The van der Waals surface area contributed by atoms with Gasteiger partial charge in [0.05, 0.1) is 6.61 Å². The van der Waals surface area contributed by atoms with Crippen LogP contribution in [0.25, 0.3) is 22.6 Å². The zero-order valence-corrected chi connectivity index (χ0v) is 18.5. The summed E-state index contributed by atoms with van der Waals surface area (Å²) >= 11 is 0. The summed E-state index contributed by atoms with van der Waals surface area (Å²) in [7, 11) is -1.58. The number of methoxy groups -OCH3 is 1. The van der Waals surface area contributed by atoms with Crippen molar-refractivity contribution in [3.8, 4) is 22.6 Å². The van der Waals surface area contributed by atoms with Crippen LogP contribution >= 0.6 is 0 Å². The molecule has 31 heavy (non-hydrogen) atoms. The first-order valence-electron chi connectivity index (χ1n) is 9.96. The molecule has 1 heterocycles. The van der Waals surface area contributed by atoms with Gasteiger partial charge in [0.1, 0.15) is 0 Å². The smallest absolute Gasteiger partial charge is 0.257 e. The van der Waals surface area contributed by atoms with Crippen LogP contribution in [0.15, 0.2) is 70.1 Å². The van der Waals surface area contributed by atoms with E-state index in [1.165, 1.54) is 11.8 Å². The Morgan fingerprint density at radius 1 is 1.16 bits per heavy atom. The van der Waals surface area contributed by atoms with Crippen molar-refractivity contribution in [3.63, 3.8) is 0 Å². The first kappa shape index (κ1) is 21.2. The van der Waals surface area contributed by atoms with Gasteiger partial charge in [0.2, 0.25) is 0 Å². The fraction of sp³-hybridized carbons (Fsp3) is 0.250. The molecule has 0 spiro atoms. The third-order valence-electron chi connectivity index (χ3n) is 5.38. The molecule has 0 aliphatic heterocycles. The molecular weight excluding hydrogens is 412 g/mol. The van der Waals surface area contributed by atoms with E-state index in [-0.39, 0.29) is 5.92 Å². The van der Waals surface area contributed by atoms with Crippen molar-refractivity contribution in [1.29, 1.82) is 0 Å². The van der Waals surface area contributed by atoms with Crippen molar-refractivity contribution < 1.29 is 17.7 Å². The number of hydrogen-bond acceptors (Lipinski definition) is 6. The molecule has 7 heteroatoms. The second-order valence-electron chi connectivity index (χ2n) is 7.68. The summed E-state index contributed by atoms with van der Waals surface area (Å²) in [5.41, 5.74) is 5.25. The van der Waals surface area contributed by atoms with Crippen LogP contribution in [0.1, 0.15) is 29.3 Å². The fourth-order valence-electron chi connectivity index (χ4n) is 3.74. The van der Waals surface area contributed by atoms with Crippen LogP contribution in [0.2, 0.25) is 0 Å². The van der Waals surface area contributed by atoms with E-state index in [4.69, 9.17) is 9.26 Å². The average Bonchev–Trinajstić information content (AvgIpc) is 3.24. The SMILES string of the molecule is COCc1cc(-c2nc(C3C=CC=C(S(C)(=O)=O)C3)no2)ccc1-c1ccccc1C. The van der Waals surface area contributed by atoms with E-state index < -0.39 is 9.84 Å². The molecular formula is C24H24N2O4S. The maximum absolute atomic E-state index is 11.9. The van der Waals surface area contributed by atoms with Gasteiger partial charge in [-0.15, -0.1) is 0 Å². The monoisotopic (exact) mass is 436 g/mol. The number of benzene rings is 2. The molecule has 0 amide bonds. The zero-order chi connectivity index (χ0) is 22.0. The van der Waals surface area contributed by atoms with Crippen molar-refractivity contribution >= 4 is 9.84 Å². The summed E-state index contributed by atoms with van der Waals surface area (Å²) in [5, 5.41) is 4.11. The van der Waals surface area contributed by atoms with Crippen molar-refractivity contribution in [2.45, 2.75) is 25.9 Å². The number of allylic oxidation sites excluding steroid dienone is 4. The fourth-order valence-corrected chi connectivity index (χ4v) is 4.55. The van der Waals surface area contributed by atoms with E-state index in [0.717, 1.165) is 22.3 Å². The highest BCUT2D eigenvalue weighted by atomic mass is 32.2. The first-order chi connectivity index (χ1) is 14.9. The summed E-state index contributed by atoms with van der Waals surface area (Å²) < 4.78 is 34.7. The molecule has 0 saturated carbocycles. The Balaban J connectivity index is 1.65. The lowest BCUT2D eigenvalue weighted by Crippen LogP contribution is -2.09. The molecule has 0 saturated heterocycles. The molecule has 0 radical (unpaired) electrons. The van der Waals surface area contributed by atoms with Gasteiger partial charge < -0.3 is 9.26 Å². The molecule has 0 fully saturated rings. The Labute approximate surface area is 182 Å². The minimum Gasteiger partial charge on any atom is -0.380 e. The lowest BCUT2D eigenvalue weighted by molar-refractivity contribution is 0.185. The van der Waals surface area contributed by atoms with Crippen molar-refractivity contribution in [2.24, 2.45) is 0 Å². The minimum absolute atomic E-state index is 0.239. The molecule has 3 aromatic rings. The molecule has 1 aromatic heterocycles. The molecule has 0 bridgehead atoms. The van der Waals surface area contributed by atoms with Gasteiger partial charge in [-0.25, -0.2) is 8.42 Å². The Morgan fingerprint density at radius 2 is 1.97 bits per heavy atom. The predicted molar refractivity (Wildman–Crippen MR) is 120 cm³/mol. The van der Waals surface area contributed by atoms with Crippen LogP contribution in [0.4, 0.5) is 0 Å². The highest BCUT2D eigenvalue weighted by molar-refractivity contribution is 7.94. The molecule has 1 unspecified atom stereocenters. The Kier molecular flexibility index (Phi) is 5.89. The normalized spacial score (nSPS) is 16.4. The van der Waals surface area contributed by atoms with Gasteiger partial charge in [-0.05, 0) is 53.8 Å². The van der Waals surface area contributed by atoms with Gasteiger partial charge >= 0.3 is 0 Å². The Morgan fingerprint density at radius 3 is 2.71 bits per heavy atom. The van der Waals surface area contributed by atoms with Crippen LogP contribution in [0.5, 0.6) is 0 Å². The number of hydrogen-bond donors (Lipinski definition) is 0. The molecule has 6 nitrogen and oxygen atoms in total. The van der Waals surface area contributed by atoms with Gasteiger partial charge in [-0.1, -0.05) is 47.6 Å². The number of nitrogens with zero attached hydrogens (tertiary/aromatic N) is 2. The third kappa shape index (κ3) is 4.52. The number of rotatable bonds is 6. The molecule has 160 valence electrons. The molecule has 2 aromatic carbocycles. The molecule has 1 aliphatic rings. The van der Waals surface area contributed by atoms with E-state index in [1.807, 2.05) is 36.4 Å². The van der Waals surface area contributed by atoms with E-state index in [1.54, 1.807) is 19.3 Å². The van der Waals surface area contributed by atoms with Crippen molar-refractivity contribution in [3.05, 3.63) is 82.5 Å².